The fourth-order valence-corrected chi connectivity index (χ4v) is 4.26. The Bertz CT molecular complexity index is 1180. The van der Waals surface area contributed by atoms with Gasteiger partial charge in [-0.2, -0.15) is 0 Å². The smallest absolute Gasteiger partial charge is 0.287 e. The van der Waals surface area contributed by atoms with Crippen LogP contribution in [0.2, 0.25) is 0 Å². The van der Waals surface area contributed by atoms with Crippen LogP contribution < -0.4 is 10.1 Å². The average molecular weight is 447 g/mol. The first-order chi connectivity index (χ1) is 15.5. The van der Waals surface area contributed by atoms with E-state index in [-0.39, 0.29) is 16.7 Å². The number of aryl methyl sites for hydroxylation is 1. The molecule has 1 aromatic carbocycles. The predicted molar refractivity (Wildman–Crippen MR) is 132 cm³/mol. The van der Waals surface area contributed by atoms with Gasteiger partial charge in [-0.1, -0.05) is 47.6 Å². The third-order valence-electron chi connectivity index (χ3n) is 5.92. The summed E-state index contributed by atoms with van der Waals surface area (Å²) in [6.45, 7) is 14.1. The summed E-state index contributed by atoms with van der Waals surface area (Å²) in [5, 5.41) is 3.08. The first-order valence-corrected chi connectivity index (χ1v) is 11.5. The van der Waals surface area contributed by atoms with Crippen molar-refractivity contribution in [2.45, 2.75) is 59.9 Å². The number of ether oxygens (including phenoxy) is 1. The number of amides is 1. The molecule has 2 aromatic heterocycles. The Morgan fingerprint density at radius 1 is 1.15 bits per heavy atom. The normalized spacial score (nSPS) is 13.3. The standard InChI is InChI=1S/C27H34N4O2/c1-26(2,3)16-29-25(32)24-30-23(27(4,5)6)22-20-14-19(18-9-8-11-28-15-18)21(33-7)13-17(20)10-12-31(22)24/h8-9,11,13-15H,10,12,16H2,1-7H3,(H,29,32). The number of benzene rings is 1. The van der Waals surface area contributed by atoms with Crippen molar-refractivity contribution in [2.24, 2.45) is 5.41 Å². The van der Waals surface area contributed by atoms with Crippen molar-refractivity contribution in [3.05, 3.63) is 53.7 Å². The van der Waals surface area contributed by atoms with Crippen molar-refractivity contribution in [1.82, 2.24) is 19.9 Å². The number of aromatic nitrogens is 3. The Morgan fingerprint density at radius 2 is 1.91 bits per heavy atom. The lowest BCUT2D eigenvalue weighted by atomic mass is 9.85. The van der Waals surface area contributed by atoms with Gasteiger partial charge in [0.25, 0.3) is 5.91 Å². The minimum atomic E-state index is -0.220. The highest BCUT2D eigenvalue weighted by Gasteiger charge is 2.33. The van der Waals surface area contributed by atoms with Crippen molar-refractivity contribution in [2.75, 3.05) is 13.7 Å². The summed E-state index contributed by atoms with van der Waals surface area (Å²) in [5.41, 5.74) is 6.03. The summed E-state index contributed by atoms with van der Waals surface area (Å²) in [7, 11) is 1.70. The molecule has 0 fully saturated rings. The monoisotopic (exact) mass is 446 g/mol. The molecule has 174 valence electrons. The van der Waals surface area contributed by atoms with Crippen LogP contribution in [0, 0.1) is 5.41 Å². The molecule has 3 aromatic rings. The van der Waals surface area contributed by atoms with Crippen LogP contribution in [-0.4, -0.2) is 34.1 Å². The van der Waals surface area contributed by atoms with Gasteiger partial charge in [-0.3, -0.25) is 9.78 Å². The molecule has 0 aliphatic carbocycles. The number of hydrogen-bond acceptors (Lipinski definition) is 4. The zero-order valence-electron chi connectivity index (χ0n) is 20.7. The highest BCUT2D eigenvalue weighted by Crippen LogP contribution is 2.43. The van der Waals surface area contributed by atoms with Gasteiger partial charge in [0.15, 0.2) is 5.82 Å². The molecule has 0 saturated heterocycles. The van der Waals surface area contributed by atoms with Crippen LogP contribution in [0.5, 0.6) is 5.75 Å². The van der Waals surface area contributed by atoms with Crippen molar-refractivity contribution in [3.8, 4) is 28.1 Å². The summed E-state index contributed by atoms with van der Waals surface area (Å²) >= 11 is 0. The molecule has 6 heteroatoms. The van der Waals surface area contributed by atoms with Crippen LogP contribution in [-0.2, 0) is 18.4 Å². The summed E-state index contributed by atoms with van der Waals surface area (Å²) in [6, 6.07) is 8.26. The molecule has 1 aliphatic rings. The maximum absolute atomic E-state index is 13.2. The second-order valence-electron chi connectivity index (χ2n) is 11.0. The minimum Gasteiger partial charge on any atom is -0.496 e. The summed E-state index contributed by atoms with van der Waals surface area (Å²) in [4.78, 5) is 22.4. The minimum absolute atomic E-state index is 0.00160. The largest absolute Gasteiger partial charge is 0.496 e. The molecule has 4 rings (SSSR count). The number of carbonyl (C=O) groups is 1. The van der Waals surface area contributed by atoms with Gasteiger partial charge in [-0.05, 0) is 35.6 Å². The molecule has 0 atom stereocenters. The molecule has 1 N–H and O–H groups in total. The van der Waals surface area contributed by atoms with Crippen LogP contribution in [0.25, 0.3) is 22.4 Å². The van der Waals surface area contributed by atoms with Gasteiger partial charge in [0, 0.05) is 47.6 Å². The highest BCUT2D eigenvalue weighted by atomic mass is 16.5. The van der Waals surface area contributed by atoms with Crippen LogP contribution in [0.4, 0.5) is 0 Å². The number of pyridine rings is 1. The number of imidazole rings is 1. The van der Waals surface area contributed by atoms with E-state index in [2.05, 4.69) is 68.5 Å². The van der Waals surface area contributed by atoms with Crippen LogP contribution >= 0.6 is 0 Å². The molecule has 33 heavy (non-hydrogen) atoms. The molecule has 0 unspecified atom stereocenters. The van der Waals surface area contributed by atoms with Crippen LogP contribution in [0.3, 0.4) is 0 Å². The van der Waals surface area contributed by atoms with Gasteiger partial charge in [0.1, 0.15) is 5.75 Å². The second-order valence-corrected chi connectivity index (χ2v) is 11.0. The zero-order valence-corrected chi connectivity index (χ0v) is 20.7. The summed E-state index contributed by atoms with van der Waals surface area (Å²) in [5.74, 6) is 1.20. The lowest BCUT2D eigenvalue weighted by Gasteiger charge is -2.26. The number of nitrogens with zero attached hydrogens (tertiary/aromatic N) is 3. The molecule has 1 amide bonds. The summed E-state index contributed by atoms with van der Waals surface area (Å²) < 4.78 is 7.84. The molecule has 0 bridgehead atoms. The predicted octanol–water partition coefficient (Wildman–Crippen LogP) is 5.25. The van der Waals surface area contributed by atoms with Crippen molar-refractivity contribution in [3.63, 3.8) is 0 Å². The number of rotatable bonds is 4. The van der Waals surface area contributed by atoms with E-state index in [0.29, 0.717) is 18.9 Å². The fraction of sp³-hybridized carbons (Fsp3) is 0.444. The Balaban J connectivity index is 1.89. The van der Waals surface area contributed by atoms with E-state index < -0.39 is 0 Å². The van der Waals surface area contributed by atoms with Gasteiger partial charge < -0.3 is 14.6 Å². The molecular weight excluding hydrogens is 412 g/mol. The van der Waals surface area contributed by atoms with Crippen molar-refractivity contribution < 1.29 is 9.53 Å². The number of fused-ring (bicyclic) bond motifs is 3. The maximum Gasteiger partial charge on any atom is 0.287 e. The Hall–Kier alpha value is -3.15. The van der Waals surface area contributed by atoms with E-state index in [1.54, 1.807) is 13.3 Å². The van der Waals surface area contributed by atoms with E-state index in [9.17, 15) is 4.79 Å². The molecule has 1 aliphatic heterocycles. The Kier molecular flexibility index (Phi) is 5.81. The SMILES string of the molecule is COc1cc2c(cc1-c1cccnc1)-c1c(C(C)(C)C)nc(C(=O)NCC(C)(C)C)n1CC2. The van der Waals surface area contributed by atoms with Gasteiger partial charge in [-0.25, -0.2) is 4.98 Å². The number of nitrogens with one attached hydrogen (secondary N) is 1. The quantitative estimate of drug-likeness (QED) is 0.594. The second kappa shape index (κ2) is 8.32. The molecule has 6 nitrogen and oxygen atoms in total. The fourth-order valence-electron chi connectivity index (χ4n) is 4.26. The molecule has 0 saturated carbocycles. The number of methoxy groups -OCH3 is 1. The Labute approximate surface area is 196 Å². The van der Waals surface area contributed by atoms with Gasteiger partial charge >= 0.3 is 0 Å². The third kappa shape index (κ3) is 4.52. The third-order valence-corrected chi connectivity index (χ3v) is 5.92. The van der Waals surface area contributed by atoms with E-state index in [1.807, 2.05) is 18.3 Å². The highest BCUT2D eigenvalue weighted by molar-refractivity contribution is 5.93. The van der Waals surface area contributed by atoms with Crippen LogP contribution in [0.1, 0.15) is 63.4 Å². The molecular formula is C27H34N4O2. The van der Waals surface area contributed by atoms with E-state index in [0.717, 1.165) is 40.2 Å². The van der Waals surface area contributed by atoms with Gasteiger partial charge in [0.05, 0.1) is 18.5 Å². The topological polar surface area (TPSA) is 69.0 Å². The van der Waals surface area contributed by atoms with Crippen LogP contribution in [0.15, 0.2) is 36.7 Å². The number of carbonyl (C=O) groups excluding carboxylic acids is 1. The first kappa shape index (κ1) is 23.0. The lowest BCUT2D eigenvalue weighted by molar-refractivity contribution is 0.0924. The van der Waals surface area contributed by atoms with E-state index in [4.69, 9.17) is 9.72 Å². The molecule has 0 radical (unpaired) electrons. The first-order valence-electron chi connectivity index (χ1n) is 11.5. The Morgan fingerprint density at radius 3 is 2.52 bits per heavy atom. The summed E-state index contributed by atoms with van der Waals surface area (Å²) in [6.07, 6.45) is 4.43. The average Bonchev–Trinajstić information content (AvgIpc) is 3.17. The van der Waals surface area contributed by atoms with E-state index >= 15 is 0 Å². The number of hydrogen-bond donors (Lipinski definition) is 1. The maximum atomic E-state index is 13.2. The van der Waals surface area contributed by atoms with Gasteiger partial charge in [-0.15, -0.1) is 0 Å². The van der Waals surface area contributed by atoms with E-state index in [1.165, 1.54) is 5.56 Å². The zero-order chi connectivity index (χ0) is 24.0. The molecule has 0 spiro atoms. The van der Waals surface area contributed by atoms with Crippen molar-refractivity contribution in [1.29, 1.82) is 0 Å². The molecule has 3 heterocycles. The lowest BCUT2D eigenvalue weighted by Crippen LogP contribution is -2.34. The van der Waals surface area contributed by atoms with Crippen molar-refractivity contribution >= 4 is 5.91 Å². The van der Waals surface area contributed by atoms with Gasteiger partial charge in [0.2, 0.25) is 0 Å².